The summed E-state index contributed by atoms with van der Waals surface area (Å²) in [4.78, 5) is 2.33. The third kappa shape index (κ3) is 13.6. The monoisotopic (exact) mass is 245 g/mol. The summed E-state index contributed by atoms with van der Waals surface area (Å²) in [6.07, 6.45) is 5.55. The SMILES string of the molecule is CC.CC.CC.CC/C=C\C1COCCN1C. The number of hydrogen-bond donors (Lipinski definition) is 0. The second kappa shape index (κ2) is 21.0. The minimum absolute atomic E-state index is 0.503. The van der Waals surface area contributed by atoms with Crippen molar-refractivity contribution in [2.24, 2.45) is 0 Å². The number of morpholine rings is 1. The summed E-state index contributed by atoms with van der Waals surface area (Å²) in [6.45, 7) is 16.9. The second-order valence-electron chi connectivity index (χ2n) is 2.96. The molecule has 1 heterocycles. The lowest BCUT2D eigenvalue weighted by atomic mass is 10.2. The van der Waals surface area contributed by atoms with Crippen molar-refractivity contribution >= 4 is 0 Å². The maximum absolute atomic E-state index is 5.36. The Bertz CT molecular complexity index is 135. The first-order valence-corrected chi connectivity index (χ1v) is 7.29. The van der Waals surface area contributed by atoms with Crippen molar-refractivity contribution in [2.45, 2.75) is 60.9 Å². The Labute approximate surface area is 110 Å². The molecule has 1 unspecified atom stereocenters. The fourth-order valence-electron chi connectivity index (χ4n) is 1.20. The van der Waals surface area contributed by atoms with E-state index in [2.05, 4.69) is 31.0 Å². The number of hydrogen-bond acceptors (Lipinski definition) is 2. The van der Waals surface area contributed by atoms with Gasteiger partial charge < -0.3 is 4.74 Å². The van der Waals surface area contributed by atoms with Crippen molar-refractivity contribution in [3.8, 4) is 0 Å². The van der Waals surface area contributed by atoms with Gasteiger partial charge in [-0.25, -0.2) is 0 Å². The van der Waals surface area contributed by atoms with Gasteiger partial charge in [0.15, 0.2) is 0 Å². The van der Waals surface area contributed by atoms with Crippen LogP contribution in [-0.2, 0) is 4.74 Å². The van der Waals surface area contributed by atoms with Gasteiger partial charge >= 0.3 is 0 Å². The molecule has 17 heavy (non-hydrogen) atoms. The topological polar surface area (TPSA) is 12.5 Å². The summed E-state index contributed by atoms with van der Waals surface area (Å²) >= 11 is 0. The maximum atomic E-state index is 5.36. The average Bonchev–Trinajstić information content (AvgIpc) is 2.45. The fraction of sp³-hybridized carbons (Fsp3) is 0.867. The fourth-order valence-corrected chi connectivity index (χ4v) is 1.20. The largest absolute Gasteiger partial charge is 0.378 e. The van der Waals surface area contributed by atoms with Gasteiger partial charge in [-0.2, -0.15) is 0 Å². The predicted octanol–water partition coefficient (Wildman–Crippen LogP) is 4.36. The Balaban J connectivity index is -0.000000285. The van der Waals surface area contributed by atoms with Gasteiger partial charge in [0.1, 0.15) is 0 Å². The third-order valence-electron chi connectivity index (χ3n) is 2.04. The number of rotatable bonds is 2. The van der Waals surface area contributed by atoms with E-state index in [0.29, 0.717) is 6.04 Å². The molecule has 1 saturated heterocycles. The molecule has 0 aromatic rings. The standard InChI is InChI=1S/C9H17NO.3C2H6/c1-3-4-5-9-8-11-7-6-10(9)2;3*1-2/h4-5,9H,3,6-8H2,1-2H3;3*1-2H3/b5-4-;;;. The molecule has 0 spiro atoms. The Morgan fingerprint density at radius 3 is 2.06 bits per heavy atom. The van der Waals surface area contributed by atoms with Gasteiger partial charge in [-0.05, 0) is 13.5 Å². The molecule has 1 rings (SSSR count). The van der Waals surface area contributed by atoms with E-state index >= 15 is 0 Å². The molecule has 0 radical (unpaired) electrons. The van der Waals surface area contributed by atoms with Crippen LogP contribution >= 0.6 is 0 Å². The van der Waals surface area contributed by atoms with Crippen LogP contribution in [0.25, 0.3) is 0 Å². The van der Waals surface area contributed by atoms with E-state index < -0.39 is 0 Å². The average molecular weight is 245 g/mol. The van der Waals surface area contributed by atoms with Gasteiger partial charge in [-0.15, -0.1) is 0 Å². The van der Waals surface area contributed by atoms with Crippen LogP contribution in [0.5, 0.6) is 0 Å². The number of nitrogens with zero attached hydrogens (tertiary/aromatic N) is 1. The lowest BCUT2D eigenvalue weighted by Gasteiger charge is -2.30. The minimum Gasteiger partial charge on any atom is -0.378 e. The third-order valence-corrected chi connectivity index (χ3v) is 2.04. The zero-order valence-corrected chi connectivity index (χ0v) is 13.4. The van der Waals surface area contributed by atoms with Crippen molar-refractivity contribution in [2.75, 3.05) is 26.8 Å². The molecular weight excluding hydrogens is 210 g/mol. The first-order valence-electron chi connectivity index (χ1n) is 7.29. The van der Waals surface area contributed by atoms with E-state index in [0.717, 1.165) is 26.2 Å². The zero-order valence-electron chi connectivity index (χ0n) is 13.4. The lowest BCUT2D eigenvalue weighted by Crippen LogP contribution is -2.41. The van der Waals surface area contributed by atoms with Crippen molar-refractivity contribution in [3.63, 3.8) is 0 Å². The maximum Gasteiger partial charge on any atom is 0.0658 e. The van der Waals surface area contributed by atoms with Gasteiger partial charge in [0, 0.05) is 6.54 Å². The van der Waals surface area contributed by atoms with Crippen LogP contribution in [0.4, 0.5) is 0 Å². The molecule has 0 bridgehead atoms. The highest BCUT2D eigenvalue weighted by molar-refractivity contribution is 4.94. The summed E-state index contributed by atoms with van der Waals surface area (Å²) in [5.74, 6) is 0. The van der Waals surface area contributed by atoms with Crippen molar-refractivity contribution in [1.82, 2.24) is 4.90 Å². The van der Waals surface area contributed by atoms with Crippen molar-refractivity contribution in [3.05, 3.63) is 12.2 Å². The van der Waals surface area contributed by atoms with E-state index in [4.69, 9.17) is 4.74 Å². The van der Waals surface area contributed by atoms with Gasteiger partial charge in [-0.3, -0.25) is 4.90 Å². The van der Waals surface area contributed by atoms with Crippen molar-refractivity contribution < 1.29 is 4.74 Å². The molecule has 1 aliphatic heterocycles. The van der Waals surface area contributed by atoms with Crippen LogP contribution < -0.4 is 0 Å². The van der Waals surface area contributed by atoms with Crippen LogP contribution in [0.1, 0.15) is 54.9 Å². The molecule has 0 saturated carbocycles. The first-order chi connectivity index (χ1) is 8.34. The highest BCUT2D eigenvalue weighted by atomic mass is 16.5. The minimum atomic E-state index is 0.503. The second-order valence-corrected chi connectivity index (χ2v) is 2.96. The molecule has 0 aromatic carbocycles. The van der Waals surface area contributed by atoms with Gasteiger partial charge in [0.05, 0.1) is 19.3 Å². The summed E-state index contributed by atoms with van der Waals surface area (Å²) in [7, 11) is 2.15. The molecule has 1 aliphatic rings. The molecule has 0 N–H and O–H groups in total. The zero-order chi connectivity index (χ0) is 14.1. The van der Waals surface area contributed by atoms with E-state index in [-0.39, 0.29) is 0 Å². The van der Waals surface area contributed by atoms with Crippen LogP contribution in [0.2, 0.25) is 0 Å². The molecule has 0 amide bonds. The smallest absolute Gasteiger partial charge is 0.0658 e. The van der Waals surface area contributed by atoms with Gasteiger partial charge in [-0.1, -0.05) is 60.6 Å². The molecule has 1 fully saturated rings. The molecule has 1 atom stereocenters. The van der Waals surface area contributed by atoms with E-state index in [1.165, 1.54) is 0 Å². The Morgan fingerprint density at radius 2 is 1.65 bits per heavy atom. The van der Waals surface area contributed by atoms with Gasteiger partial charge in [0.2, 0.25) is 0 Å². The van der Waals surface area contributed by atoms with Crippen LogP contribution in [0.15, 0.2) is 12.2 Å². The summed E-state index contributed by atoms with van der Waals surface area (Å²) < 4.78 is 5.36. The summed E-state index contributed by atoms with van der Waals surface area (Å²) in [6, 6.07) is 0.503. The Morgan fingerprint density at radius 1 is 1.12 bits per heavy atom. The quantitative estimate of drug-likeness (QED) is 0.670. The molecule has 0 aromatic heterocycles. The first kappa shape index (κ1) is 21.9. The predicted molar refractivity (Wildman–Crippen MR) is 80.7 cm³/mol. The number of likely N-dealkylation sites (N-methyl/N-ethyl adjacent to an activating group) is 1. The Hall–Kier alpha value is -0.340. The van der Waals surface area contributed by atoms with Gasteiger partial charge in [0.25, 0.3) is 0 Å². The highest BCUT2D eigenvalue weighted by Crippen LogP contribution is 2.05. The Kier molecular flexibility index (Phi) is 27.0. The number of ether oxygens (including phenoxy) is 1. The lowest BCUT2D eigenvalue weighted by molar-refractivity contribution is 0.0233. The summed E-state index contributed by atoms with van der Waals surface area (Å²) in [5.41, 5.74) is 0. The molecule has 2 heteroatoms. The molecule has 2 nitrogen and oxygen atoms in total. The molecule has 106 valence electrons. The van der Waals surface area contributed by atoms with Crippen LogP contribution in [-0.4, -0.2) is 37.7 Å². The normalized spacial score (nSPS) is 19.2. The van der Waals surface area contributed by atoms with Crippen LogP contribution in [0.3, 0.4) is 0 Å². The van der Waals surface area contributed by atoms with E-state index in [1.54, 1.807) is 0 Å². The molecular formula is C15H35NO. The van der Waals surface area contributed by atoms with E-state index in [9.17, 15) is 0 Å². The van der Waals surface area contributed by atoms with E-state index in [1.807, 2.05) is 41.5 Å². The van der Waals surface area contributed by atoms with Crippen LogP contribution in [0, 0.1) is 0 Å². The summed E-state index contributed by atoms with van der Waals surface area (Å²) in [5, 5.41) is 0. The molecule has 0 aliphatic carbocycles. The van der Waals surface area contributed by atoms with Crippen molar-refractivity contribution in [1.29, 1.82) is 0 Å². The highest BCUT2D eigenvalue weighted by Gasteiger charge is 2.15. The number of allylic oxidation sites excluding steroid dienone is 1.